The lowest BCUT2D eigenvalue weighted by molar-refractivity contribution is 0.706. The molecule has 108 valence electrons. The van der Waals surface area contributed by atoms with E-state index in [0.29, 0.717) is 18.2 Å². The zero-order chi connectivity index (χ0) is 14.5. The molecule has 0 saturated heterocycles. The summed E-state index contributed by atoms with van der Waals surface area (Å²) < 4.78 is 1.97. The van der Waals surface area contributed by atoms with Crippen molar-refractivity contribution in [3.63, 3.8) is 0 Å². The van der Waals surface area contributed by atoms with Gasteiger partial charge >= 0.3 is 0 Å². The Morgan fingerprint density at radius 2 is 2.05 bits per heavy atom. The molecule has 0 bridgehead atoms. The van der Waals surface area contributed by atoms with Crippen LogP contribution in [0, 0.1) is 0 Å². The number of hydrazine groups is 1. The van der Waals surface area contributed by atoms with E-state index in [0.717, 1.165) is 18.2 Å². The van der Waals surface area contributed by atoms with Crippen LogP contribution in [0.5, 0.6) is 0 Å². The summed E-state index contributed by atoms with van der Waals surface area (Å²) in [6.45, 7) is 7.50. The van der Waals surface area contributed by atoms with Crippen LogP contribution in [0.2, 0.25) is 0 Å². The molecule has 2 aromatic rings. The maximum Gasteiger partial charge on any atom is 0.152 e. The predicted molar refractivity (Wildman–Crippen MR) is 77.0 cm³/mol. The number of aromatic nitrogens is 5. The number of nitrogens with two attached hydrogens (primary N) is 1. The lowest BCUT2D eigenvalue weighted by Gasteiger charge is -2.11. The van der Waals surface area contributed by atoms with Gasteiger partial charge in [-0.15, -0.1) is 10.2 Å². The Morgan fingerprint density at radius 1 is 1.30 bits per heavy atom. The van der Waals surface area contributed by atoms with Crippen molar-refractivity contribution in [2.45, 2.75) is 39.8 Å². The first-order valence-corrected chi connectivity index (χ1v) is 6.60. The van der Waals surface area contributed by atoms with Crippen molar-refractivity contribution in [1.29, 1.82) is 0 Å². The zero-order valence-electron chi connectivity index (χ0n) is 12.0. The Kier molecular flexibility index (Phi) is 4.46. The topological polar surface area (TPSA) is 107 Å². The number of aryl methyl sites for hydroxylation is 1. The van der Waals surface area contributed by atoms with E-state index in [2.05, 4.69) is 30.9 Å². The van der Waals surface area contributed by atoms with Crippen LogP contribution in [0.4, 0.5) is 11.6 Å². The van der Waals surface area contributed by atoms with Gasteiger partial charge in [0.2, 0.25) is 0 Å². The number of nitrogens with zero attached hydrogens (tertiary/aromatic N) is 5. The lowest BCUT2D eigenvalue weighted by atomic mass is 10.2. The van der Waals surface area contributed by atoms with Gasteiger partial charge in [0.15, 0.2) is 5.82 Å². The molecule has 0 aliphatic rings. The summed E-state index contributed by atoms with van der Waals surface area (Å²) in [5.74, 6) is 8.55. The Balaban J connectivity index is 2.14. The maximum absolute atomic E-state index is 5.43. The van der Waals surface area contributed by atoms with E-state index in [1.165, 1.54) is 0 Å². The van der Waals surface area contributed by atoms with Crippen molar-refractivity contribution >= 4 is 11.6 Å². The van der Waals surface area contributed by atoms with Gasteiger partial charge in [-0.05, 0) is 6.92 Å². The van der Waals surface area contributed by atoms with Crippen LogP contribution in [0.15, 0.2) is 12.4 Å². The van der Waals surface area contributed by atoms with Gasteiger partial charge in [0, 0.05) is 18.5 Å². The monoisotopic (exact) mass is 276 g/mol. The van der Waals surface area contributed by atoms with Crippen molar-refractivity contribution in [3.8, 4) is 0 Å². The molecule has 2 heterocycles. The second kappa shape index (κ2) is 6.29. The largest absolute Gasteiger partial charge is 0.363 e. The third-order valence-corrected chi connectivity index (χ3v) is 2.87. The standard InChI is InChI=1S/C12H20N8/c1-4-20-7-15-19-11(20)6-14-9-5-10(18-13)17-12(16-9)8(2)3/h5,7-8H,4,6,13H2,1-3H3,(H2,14,16,17,18). The number of nitrogen functional groups attached to an aromatic ring is 1. The number of rotatable bonds is 6. The van der Waals surface area contributed by atoms with E-state index < -0.39 is 0 Å². The quantitative estimate of drug-likeness (QED) is 0.536. The molecular formula is C12H20N8. The average molecular weight is 276 g/mol. The van der Waals surface area contributed by atoms with Gasteiger partial charge in [-0.3, -0.25) is 0 Å². The second-order valence-electron chi connectivity index (χ2n) is 4.68. The fourth-order valence-electron chi connectivity index (χ4n) is 1.74. The van der Waals surface area contributed by atoms with Crippen LogP contribution >= 0.6 is 0 Å². The molecule has 20 heavy (non-hydrogen) atoms. The smallest absolute Gasteiger partial charge is 0.152 e. The Bertz CT molecular complexity index is 562. The molecule has 0 aliphatic carbocycles. The molecule has 0 aliphatic heterocycles. The molecule has 0 amide bonds. The van der Waals surface area contributed by atoms with Gasteiger partial charge < -0.3 is 15.3 Å². The van der Waals surface area contributed by atoms with E-state index in [4.69, 9.17) is 5.84 Å². The third kappa shape index (κ3) is 3.21. The second-order valence-corrected chi connectivity index (χ2v) is 4.68. The van der Waals surface area contributed by atoms with Crippen molar-refractivity contribution in [1.82, 2.24) is 24.7 Å². The molecule has 0 fully saturated rings. The highest BCUT2D eigenvalue weighted by Crippen LogP contribution is 2.16. The average Bonchev–Trinajstić information content (AvgIpc) is 2.92. The van der Waals surface area contributed by atoms with Gasteiger partial charge in [0.25, 0.3) is 0 Å². The highest BCUT2D eigenvalue weighted by molar-refractivity contribution is 5.47. The van der Waals surface area contributed by atoms with Crippen LogP contribution in [-0.4, -0.2) is 24.7 Å². The first-order chi connectivity index (χ1) is 9.63. The van der Waals surface area contributed by atoms with Crippen molar-refractivity contribution < 1.29 is 0 Å². The first kappa shape index (κ1) is 14.2. The summed E-state index contributed by atoms with van der Waals surface area (Å²) in [6, 6.07) is 1.76. The zero-order valence-corrected chi connectivity index (χ0v) is 12.0. The summed E-state index contributed by atoms with van der Waals surface area (Å²) >= 11 is 0. The van der Waals surface area contributed by atoms with Gasteiger partial charge in [0.05, 0.1) is 6.54 Å². The molecule has 0 atom stereocenters. The molecule has 8 nitrogen and oxygen atoms in total. The van der Waals surface area contributed by atoms with Crippen LogP contribution in [0.25, 0.3) is 0 Å². The predicted octanol–water partition coefficient (Wildman–Crippen LogP) is 1.11. The van der Waals surface area contributed by atoms with Crippen LogP contribution in [-0.2, 0) is 13.1 Å². The number of hydrogen-bond acceptors (Lipinski definition) is 7. The van der Waals surface area contributed by atoms with Gasteiger partial charge in [-0.25, -0.2) is 15.8 Å². The molecule has 8 heteroatoms. The van der Waals surface area contributed by atoms with Crippen LogP contribution < -0.4 is 16.6 Å². The summed E-state index contributed by atoms with van der Waals surface area (Å²) in [4.78, 5) is 8.77. The minimum Gasteiger partial charge on any atom is -0.363 e. The summed E-state index contributed by atoms with van der Waals surface area (Å²) in [7, 11) is 0. The molecule has 2 aromatic heterocycles. The Hall–Kier alpha value is -2.22. The molecule has 0 radical (unpaired) electrons. The molecule has 0 aromatic carbocycles. The molecule has 0 unspecified atom stereocenters. The van der Waals surface area contributed by atoms with E-state index >= 15 is 0 Å². The van der Waals surface area contributed by atoms with E-state index in [1.54, 1.807) is 12.4 Å². The lowest BCUT2D eigenvalue weighted by Crippen LogP contribution is -2.14. The number of nitrogens with one attached hydrogen (secondary N) is 2. The molecule has 0 saturated carbocycles. The van der Waals surface area contributed by atoms with Gasteiger partial charge in [0.1, 0.15) is 23.8 Å². The summed E-state index contributed by atoms with van der Waals surface area (Å²) in [6.07, 6.45) is 1.71. The minimum atomic E-state index is 0.225. The van der Waals surface area contributed by atoms with Crippen molar-refractivity contribution in [2.75, 3.05) is 10.7 Å². The fourth-order valence-corrected chi connectivity index (χ4v) is 1.74. The Morgan fingerprint density at radius 3 is 2.70 bits per heavy atom. The summed E-state index contributed by atoms with van der Waals surface area (Å²) in [5, 5.41) is 11.2. The third-order valence-electron chi connectivity index (χ3n) is 2.87. The first-order valence-electron chi connectivity index (χ1n) is 6.60. The van der Waals surface area contributed by atoms with E-state index in [1.807, 2.05) is 25.3 Å². The normalized spacial score (nSPS) is 10.8. The fraction of sp³-hybridized carbons (Fsp3) is 0.500. The van der Waals surface area contributed by atoms with Gasteiger partial charge in [-0.1, -0.05) is 13.8 Å². The van der Waals surface area contributed by atoms with Crippen molar-refractivity contribution in [3.05, 3.63) is 24.0 Å². The molecule has 0 spiro atoms. The van der Waals surface area contributed by atoms with Crippen molar-refractivity contribution in [2.24, 2.45) is 5.84 Å². The Labute approximate surface area is 117 Å². The van der Waals surface area contributed by atoms with Crippen LogP contribution in [0.1, 0.15) is 38.3 Å². The molecular weight excluding hydrogens is 256 g/mol. The number of hydrogen-bond donors (Lipinski definition) is 3. The minimum absolute atomic E-state index is 0.225. The van der Waals surface area contributed by atoms with Gasteiger partial charge in [-0.2, -0.15) is 0 Å². The maximum atomic E-state index is 5.43. The SMILES string of the molecule is CCn1cnnc1CNc1cc(NN)nc(C(C)C)n1. The molecule has 2 rings (SSSR count). The van der Waals surface area contributed by atoms with Crippen LogP contribution in [0.3, 0.4) is 0 Å². The number of anilines is 2. The molecule has 4 N–H and O–H groups in total. The highest BCUT2D eigenvalue weighted by atomic mass is 15.3. The highest BCUT2D eigenvalue weighted by Gasteiger charge is 2.08. The van der Waals surface area contributed by atoms with E-state index in [9.17, 15) is 0 Å². The van der Waals surface area contributed by atoms with E-state index in [-0.39, 0.29) is 5.92 Å². The summed E-state index contributed by atoms with van der Waals surface area (Å²) in [5.41, 5.74) is 2.55.